The topological polar surface area (TPSA) is 54.0 Å². The maximum Gasteiger partial charge on any atom is 0.132 e. The van der Waals surface area contributed by atoms with E-state index < -0.39 is 0 Å². The summed E-state index contributed by atoms with van der Waals surface area (Å²) in [5, 5.41) is 1.28. The molecule has 124 valence electrons. The van der Waals surface area contributed by atoms with Crippen LogP contribution in [0.25, 0.3) is 10.9 Å². The van der Waals surface area contributed by atoms with Crippen molar-refractivity contribution in [2.45, 2.75) is 25.7 Å². The van der Waals surface area contributed by atoms with Gasteiger partial charge in [-0.05, 0) is 49.4 Å². The predicted molar refractivity (Wildman–Crippen MR) is 95.8 cm³/mol. The number of nitrogens with one attached hydrogen (secondary N) is 1. The second-order valence-corrected chi connectivity index (χ2v) is 6.43. The lowest BCUT2D eigenvalue weighted by Crippen LogP contribution is -2.33. The molecule has 0 amide bonds. The molecule has 0 atom stereocenters. The quantitative estimate of drug-likeness (QED) is 0.799. The molecule has 0 spiro atoms. The lowest BCUT2D eigenvalue weighted by Gasteiger charge is -2.32. The molecule has 1 aliphatic rings. The van der Waals surface area contributed by atoms with Crippen LogP contribution in [-0.2, 0) is 0 Å². The van der Waals surface area contributed by atoms with Gasteiger partial charge in [0.25, 0.3) is 0 Å². The molecule has 4 rings (SSSR count). The lowest BCUT2D eigenvalue weighted by molar-refractivity contribution is 0.415. The Balaban J connectivity index is 1.53. The van der Waals surface area contributed by atoms with Gasteiger partial charge in [0.2, 0.25) is 0 Å². The number of H-pyrrole nitrogens is 1. The van der Waals surface area contributed by atoms with Crippen LogP contribution in [0, 0.1) is 6.92 Å². The molecule has 2 aromatic heterocycles. The highest BCUT2D eigenvalue weighted by Crippen LogP contribution is 2.35. The number of piperidine rings is 1. The van der Waals surface area contributed by atoms with Crippen LogP contribution < -0.4 is 9.64 Å². The number of nitrogens with zero attached hydrogens (tertiary/aromatic N) is 3. The first-order chi connectivity index (χ1) is 11.7. The zero-order valence-corrected chi connectivity index (χ0v) is 14.1. The highest BCUT2D eigenvalue weighted by atomic mass is 16.5. The Bertz CT molecular complexity index is 849. The maximum absolute atomic E-state index is 5.38. The van der Waals surface area contributed by atoms with Gasteiger partial charge in [0.05, 0.1) is 7.11 Å². The number of aromatic amines is 1. The van der Waals surface area contributed by atoms with Crippen LogP contribution in [0.1, 0.15) is 30.0 Å². The molecule has 3 heterocycles. The van der Waals surface area contributed by atoms with E-state index in [-0.39, 0.29) is 0 Å². The molecule has 1 fully saturated rings. The van der Waals surface area contributed by atoms with Crippen molar-refractivity contribution in [2.24, 2.45) is 0 Å². The summed E-state index contributed by atoms with van der Waals surface area (Å²) in [7, 11) is 1.72. The van der Waals surface area contributed by atoms with E-state index in [9.17, 15) is 0 Å². The fourth-order valence-corrected chi connectivity index (χ4v) is 3.62. The third kappa shape index (κ3) is 2.70. The summed E-state index contributed by atoms with van der Waals surface area (Å²) in [6, 6.07) is 8.30. The number of rotatable bonds is 3. The number of aromatic nitrogens is 3. The van der Waals surface area contributed by atoms with E-state index in [1.807, 2.05) is 13.0 Å². The molecular formula is C19H22N4O. The van der Waals surface area contributed by atoms with Gasteiger partial charge < -0.3 is 14.6 Å². The molecule has 1 N–H and O–H groups in total. The molecule has 0 radical (unpaired) electrons. The summed E-state index contributed by atoms with van der Waals surface area (Å²) >= 11 is 0. The van der Waals surface area contributed by atoms with Crippen LogP contribution in [0.5, 0.6) is 5.75 Å². The Hall–Kier alpha value is -2.56. The molecule has 24 heavy (non-hydrogen) atoms. The van der Waals surface area contributed by atoms with Gasteiger partial charge in [0.15, 0.2) is 0 Å². The van der Waals surface area contributed by atoms with E-state index in [1.165, 1.54) is 16.5 Å². The van der Waals surface area contributed by atoms with Gasteiger partial charge in [-0.3, -0.25) is 0 Å². The molecule has 0 aliphatic carbocycles. The number of fused-ring (bicyclic) bond motifs is 1. The van der Waals surface area contributed by atoms with Crippen molar-refractivity contribution < 1.29 is 4.74 Å². The first-order valence-electron chi connectivity index (χ1n) is 8.43. The minimum Gasteiger partial charge on any atom is -0.497 e. The minimum absolute atomic E-state index is 0.574. The second-order valence-electron chi connectivity index (χ2n) is 6.43. The van der Waals surface area contributed by atoms with E-state index in [4.69, 9.17) is 4.74 Å². The molecule has 0 unspecified atom stereocenters. The Morgan fingerprint density at radius 1 is 1.17 bits per heavy atom. The number of hydrogen-bond donors (Lipinski definition) is 1. The van der Waals surface area contributed by atoms with Crippen LogP contribution in [0.2, 0.25) is 0 Å². The van der Waals surface area contributed by atoms with Gasteiger partial charge in [0, 0.05) is 41.9 Å². The van der Waals surface area contributed by atoms with Crippen molar-refractivity contribution in [3.8, 4) is 5.75 Å². The van der Waals surface area contributed by atoms with E-state index in [2.05, 4.69) is 44.2 Å². The standard InChI is InChI=1S/C19H22N4O/c1-13-9-19(22-12-21-13)23-7-5-14(6-8-23)17-11-20-18-4-3-15(24-2)10-16(17)18/h3-4,9-12,14,20H,5-8H2,1-2H3. The summed E-state index contributed by atoms with van der Waals surface area (Å²) in [6.45, 7) is 4.06. The fraction of sp³-hybridized carbons (Fsp3) is 0.368. The van der Waals surface area contributed by atoms with Crippen molar-refractivity contribution in [1.82, 2.24) is 15.0 Å². The summed E-state index contributed by atoms with van der Waals surface area (Å²) < 4.78 is 5.38. The molecule has 1 aromatic carbocycles. The Morgan fingerprint density at radius 3 is 2.75 bits per heavy atom. The van der Waals surface area contributed by atoms with Crippen LogP contribution in [0.4, 0.5) is 5.82 Å². The Labute approximate surface area is 141 Å². The number of methoxy groups -OCH3 is 1. The van der Waals surface area contributed by atoms with Crippen LogP contribution in [-0.4, -0.2) is 35.2 Å². The van der Waals surface area contributed by atoms with Gasteiger partial charge in [-0.15, -0.1) is 0 Å². The monoisotopic (exact) mass is 322 g/mol. The number of ether oxygens (including phenoxy) is 1. The number of aryl methyl sites for hydroxylation is 1. The maximum atomic E-state index is 5.38. The molecule has 5 heteroatoms. The van der Waals surface area contributed by atoms with Crippen LogP contribution >= 0.6 is 0 Å². The largest absolute Gasteiger partial charge is 0.497 e. The average molecular weight is 322 g/mol. The van der Waals surface area contributed by atoms with Crippen molar-refractivity contribution in [2.75, 3.05) is 25.1 Å². The van der Waals surface area contributed by atoms with Gasteiger partial charge in [-0.2, -0.15) is 0 Å². The molecule has 0 saturated carbocycles. The van der Waals surface area contributed by atoms with Crippen LogP contribution in [0.15, 0.2) is 36.8 Å². The second kappa shape index (κ2) is 6.15. The van der Waals surface area contributed by atoms with E-state index in [0.717, 1.165) is 43.2 Å². The zero-order valence-electron chi connectivity index (χ0n) is 14.1. The SMILES string of the molecule is COc1ccc2[nH]cc(C3CCN(c4cc(C)ncn4)CC3)c2c1. The summed E-state index contributed by atoms with van der Waals surface area (Å²) in [5.41, 5.74) is 3.60. The molecular weight excluding hydrogens is 300 g/mol. The average Bonchev–Trinajstić information content (AvgIpc) is 3.05. The lowest BCUT2D eigenvalue weighted by atomic mass is 9.89. The molecule has 0 bridgehead atoms. The van der Waals surface area contributed by atoms with Gasteiger partial charge in [-0.25, -0.2) is 9.97 Å². The van der Waals surface area contributed by atoms with Gasteiger partial charge in [-0.1, -0.05) is 0 Å². The molecule has 1 saturated heterocycles. The molecule has 5 nitrogen and oxygen atoms in total. The number of anilines is 1. The van der Waals surface area contributed by atoms with Crippen molar-refractivity contribution in [3.63, 3.8) is 0 Å². The smallest absolute Gasteiger partial charge is 0.132 e. The fourth-order valence-electron chi connectivity index (χ4n) is 3.62. The third-order valence-electron chi connectivity index (χ3n) is 4.97. The van der Waals surface area contributed by atoms with Crippen molar-refractivity contribution in [1.29, 1.82) is 0 Å². The summed E-state index contributed by atoms with van der Waals surface area (Å²) in [5.74, 6) is 2.53. The number of benzene rings is 1. The highest BCUT2D eigenvalue weighted by Gasteiger charge is 2.23. The predicted octanol–water partition coefficient (Wildman–Crippen LogP) is 3.66. The normalized spacial score (nSPS) is 15.8. The van der Waals surface area contributed by atoms with E-state index >= 15 is 0 Å². The Morgan fingerprint density at radius 2 is 2.00 bits per heavy atom. The van der Waals surface area contributed by atoms with Gasteiger partial charge >= 0.3 is 0 Å². The van der Waals surface area contributed by atoms with E-state index in [1.54, 1.807) is 13.4 Å². The molecule has 3 aromatic rings. The van der Waals surface area contributed by atoms with Crippen molar-refractivity contribution >= 4 is 16.7 Å². The number of hydrogen-bond acceptors (Lipinski definition) is 4. The third-order valence-corrected chi connectivity index (χ3v) is 4.97. The minimum atomic E-state index is 0.574. The highest BCUT2D eigenvalue weighted by molar-refractivity contribution is 5.85. The Kier molecular flexibility index (Phi) is 3.84. The summed E-state index contributed by atoms with van der Waals surface area (Å²) in [4.78, 5) is 14.4. The van der Waals surface area contributed by atoms with Crippen LogP contribution in [0.3, 0.4) is 0 Å². The van der Waals surface area contributed by atoms with Crippen molar-refractivity contribution in [3.05, 3.63) is 48.0 Å². The first kappa shape index (κ1) is 15.0. The van der Waals surface area contributed by atoms with E-state index in [0.29, 0.717) is 5.92 Å². The first-order valence-corrected chi connectivity index (χ1v) is 8.43. The zero-order chi connectivity index (χ0) is 16.5. The summed E-state index contributed by atoms with van der Waals surface area (Å²) in [6.07, 6.45) is 6.09. The van der Waals surface area contributed by atoms with Gasteiger partial charge in [0.1, 0.15) is 17.9 Å². The molecule has 1 aliphatic heterocycles.